The molecule has 0 N–H and O–H groups in total. The van der Waals surface area contributed by atoms with Crippen LogP contribution in [-0.2, 0) is 23.9 Å². The van der Waals surface area contributed by atoms with E-state index in [1.165, 1.54) is 0 Å². The lowest BCUT2D eigenvalue weighted by molar-refractivity contribution is -0.163. The molecular formula is C11H18O5. The Labute approximate surface area is 95.1 Å². The number of carbonyl (C=O) groups excluding carboxylic acids is 3. The molecule has 0 saturated carbocycles. The van der Waals surface area contributed by atoms with Crippen LogP contribution >= 0.6 is 0 Å². The molecule has 0 bridgehead atoms. The molecule has 0 aromatic rings. The van der Waals surface area contributed by atoms with Crippen LogP contribution in [0.1, 0.15) is 27.7 Å². The van der Waals surface area contributed by atoms with Crippen molar-refractivity contribution in [2.45, 2.75) is 27.7 Å². The molecule has 0 heterocycles. The van der Waals surface area contributed by atoms with Gasteiger partial charge in [-0.1, -0.05) is 13.8 Å². The fraction of sp³-hybridized carbons (Fsp3) is 0.727. The first-order chi connectivity index (χ1) is 7.45. The summed E-state index contributed by atoms with van der Waals surface area (Å²) in [6.07, 6.45) is 0. The summed E-state index contributed by atoms with van der Waals surface area (Å²) in [4.78, 5) is 34.3. The van der Waals surface area contributed by atoms with Gasteiger partial charge in [0.25, 0.3) is 5.78 Å². The average Bonchev–Trinajstić information content (AvgIpc) is 2.17. The molecule has 0 aromatic carbocycles. The van der Waals surface area contributed by atoms with E-state index in [4.69, 9.17) is 4.74 Å². The van der Waals surface area contributed by atoms with Crippen molar-refractivity contribution in [3.05, 3.63) is 0 Å². The summed E-state index contributed by atoms with van der Waals surface area (Å²) in [6, 6.07) is 0. The number of ketones is 1. The van der Waals surface area contributed by atoms with Gasteiger partial charge in [-0.3, -0.25) is 9.59 Å². The van der Waals surface area contributed by atoms with E-state index in [0.717, 1.165) is 0 Å². The lowest BCUT2D eigenvalue weighted by atomic mass is 9.91. The van der Waals surface area contributed by atoms with E-state index in [0.29, 0.717) is 0 Å². The van der Waals surface area contributed by atoms with Crippen LogP contribution in [0.5, 0.6) is 0 Å². The highest BCUT2D eigenvalue weighted by Crippen LogP contribution is 2.15. The SMILES string of the molecule is CCOC(=O)C(=O)[C@@H](C(=O)OCC)C(C)C. The highest BCUT2D eigenvalue weighted by Gasteiger charge is 2.36. The molecule has 0 aliphatic heterocycles. The van der Waals surface area contributed by atoms with Crippen molar-refractivity contribution in [2.75, 3.05) is 13.2 Å². The molecule has 0 amide bonds. The molecule has 0 aliphatic rings. The minimum Gasteiger partial charge on any atom is -0.465 e. The number of esters is 2. The maximum atomic E-state index is 11.6. The van der Waals surface area contributed by atoms with Crippen LogP contribution in [0.2, 0.25) is 0 Å². The molecule has 5 nitrogen and oxygen atoms in total. The van der Waals surface area contributed by atoms with E-state index in [1.54, 1.807) is 27.7 Å². The van der Waals surface area contributed by atoms with Crippen LogP contribution in [0.4, 0.5) is 0 Å². The third kappa shape index (κ3) is 4.00. The third-order valence-corrected chi connectivity index (χ3v) is 1.97. The molecular weight excluding hydrogens is 212 g/mol. The largest absolute Gasteiger partial charge is 0.465 e. The van der Waals surface area contributed by atoms with Crippen molar-refractivity contribution in [3.8, 4) is 0 Å². The van der Waals surface area contributed by atoms with Crippen LogP contribution in [0.25, 0.3) is 0 Å². The Morgan fingerprint density at radius 3 is 1.88 bits per heavy atom. The van der Waals surface area contributed by atoms with Gasteiger partial charge in [0.1, 0.15) is 5.92 Å². The summed E-state index contributed by atoms with van der Waals surface area (Å²) in [5, 5.41) is 0. The number of ether oxygens (including phenoxy) is 2. The molecule has 0 fully saturated rings. The van der Waals surface area contributed by atoms with Crippen molar-refractivity contribution < 1.29 is 23.9 Å². The van der Waals surface area contributed by atoms with Gasteiger partial charge in [-0.25, -0.2) is 4.79 Å². The zero-order valence-corrected chi connectivity index (χ0v) is 10.1. The molecule has 1 atom stereocenters. The highest BCUT2D eigenvalue weighted by atomic mass is 16.5. The molecule has 0 aliphatic carbocycles. The van der Waals surface area contributed by atoms with E-state index in [-0.39, 0.29) is 19.1 Å². The summed E-state index contributed by atoms with van der Waals surface area (Å²) in [5.41, 5.74) is 0. The predicted molar refractivity (Wildman–Crippen MR) is 56.6 cm³/mol. The molecule has 92 valence electrons. The van der Waals surface area contributed by atoms with Crippen LogP contribution in [-0.4, -0.2) is 30.9 Å². The first-order valence-corrected chi connectivity index (χ1v) is 5.33. The second-order valence-corrected chi connectivity index (χ2v) is 3.56. The number of hydrogen-bond donors (Lipinski definition) is 0. The van der Waals surface area contributed by atoms with E-state index in [9.17, 15) is 14.4 Å². The lowest BCUT2D eigenvalue weighted by Crippen LogP contribution is -2.36. The minimum atomic E-state index is -1.07. The van der Waals surface area contributed by atoms with Gasteiger partial charge in [0.05, 0.1) is 13.2 Å². The Kier molecular flexibility index (Phi) is 6.37. The lowest BCUT2D eigenvalue weighted by Gasteiger charge is -2.16. The monoisotopic (exact) mass is 230 g/mol. The summed E-state index contributed by atoms with van der Waals surface area (Å²) in [6.45, 7) is 6.89. The molecule has 0 unspecified atom stereocenters. The van der Waals surface area contributed by atoms with Crippen molar-refractivity contribution in [3.63, 3.8) is 0 Å². The first kappa shape index (κ1) is 14.6. The van der Waals surface area contributed by atoms with Gasteiger partial charge in [0.2, 0.25) is 0 Å². The Bertz CT molecular complexity index is 270. The molecule has 0 aromatic heterocycles. The summed E-state index contributed by atoms with van der Waals surface area (Å²) in [7, 11) is 0. The van der Waals surface area contributed by atoms with E-state index in [1.807, 2.05) is 0 Å². The van der Waals surface area contributed by atoms with Gasteiger partial charge in [-0.2, -0.15) is 0 Å². The van der Waals surface area contributed by atoms with Crippen LogP contribution in [0, 0.1) is 11.8 Å². The van der Waals surface area contributed by atoms with Gasteiger partial charge in [0, 0.05) is 0 Å². The molecule has 5 heteroatoms. The van der Waals surface area contributed by atoms with E-state index < -0.39 is 23.6 Å². The fourth-order valence-corrected chi connectivity index (χ4v) is 1.24. The Morgan fingerprint density at radius 2 is 1.50 bits per heavy atom. The maximum Gasteiger partial charge on any atom is 0.375 e. The van der Waals surface area contributed by atoms with E-state index >= 15 is 0 Å². The van der Waals surface area contributed by atoms with Gasteiger partial charge in [0.15, 0.2) is 0 Å². The number of carbonyl (C=O) groups is 3. The number of hydrogen-bond acceptors (Lipinski definition) is 5. The van der Waals surface area contributed by atoms with Crippen molar-refractivity contribution in [1.29, 1.82) is 0 Å². The molecule has 0 radical (unpaired) electrons. The zero-order chi connectivity index (χ0) is 12.7. The topological polar surface area (TPSA) is 69.7 Å². The zero-order valence-electron chi connectivity index (χ0n) is 10.1. The van der Waals surface area contributed by atoms with Gasteiger partial charge in [-0.15, -0.1) is 0 Å². The average molecular weight is 230 g/mol. The normalized spacial score (nSPS) is 12.1. The maximum absolute atomic E-state index is 11.6. The number of Topliss-reactive ketones (excluding diaryl/α,β-unsaturated/α-hetero) is 1. The third-order valence-electron chi connectivity index (χ3n) is 1.97. The van der Waals surface area contributed by atoms with Gasteiger partial charge < -0.3 is 9.47 Å². The minimum absolute atomic E-state index is 0.109. The second-order valence-electron chi connectivity index (χ2n) is 3.56. The van der Waals surface area contributed by atoms with Crippen LogP contribution in [0.3, 0.4) is 0 Å². The Balaban J connectivity index is 4.72. The van der Waals surface area contributed by atoms with Crippen molar-refractivity contribution >= 4 is 17.7 Å². The Hall–Kier alpha value is -1.39. The molecule has 0 spiro atoms. The summed E-state index contributed by atoms with van der Waals surface area (Å²) in [5.74, 6) is -3.85. The quantitative estimate of drug-likeness (QED) is 0.386. The van der Waals surface area contributed by atoms with E-state index in [2.05, 4.69) is 4.74 Å². The second kappa shape index (κ2) is 6.98. The first-order valence-electron chi connectivity index (χ1n) is 5.33. The van der Waals surface area contributed by atoms with Crippen molar-refractivity contribution in [2.24, 2.45) is 11.8 Å². The molecule has 0 saturated heterocycles. The Morgan fingerprint density at radius 1 is 1.00 bits per heavy atom. The van der Waals surface area contributed by atoms with Crippen molar-refractivity contribution in [1.82, 2.24) is 0 Å². The highest BCUT2D eigenvalue weighted by molar-refractivity contribution is 6.38. The van der Waals surface area contributed by atoms with Crippen LogP contribution < -0.4 is 0 Å². The summed E-state index contributed by atoms with van der Waals surface area (Å²) < 4.78 is 9.31. The smallest absolute Gasteiger partial charge is 0.375 e. The van der Waals surface area contributed by atoms with Gasteiger partial charge >= 0.3 is 11.9 Å². The van der Waals surface area contributed by atoms with Gasteiger partial charge in [-0.05, 0) is 19.8 Å². The van der Waals surface area contributed by atoms with Crippen LogP contribution in [0.15, 0.2) is 0 Å². The molecule has 16 heavy (non-hydrogen) atoms. The predicted octanol–water partition coefficient (Wildman–Crippen LogP) is 0.954. The standard InChI is InChI=1S/C11H18O5/c1-5-15-10(13)8(7(3)4)9(12)11(14)16-6-2/h7-8H,5-6H2,1-4H3/t8-/m0/s1. The summed E-state index contributed by atoms with van der Waals surface area (Å²) >= 11 is 0. The number of rotatable bonds is 6. The molecule has 0 rings (SSSR count). The fourth-order valence-electron chi connectivity index (χ4n) is 1.24.